The van der Waals surface area contributed by atoms with Crippen molar-refractivity contribution in [3.63, 3.8) is 0 Å². The van der Waals surface area contributed by atoms with Gasteiger partial charge in [0.25, 0.3) is 0 Å². The molecule has 1 saturated carbocycles. The number of nitrogens with one attached hydrogen (secondary N) is 1. The molecule has 0 bridgehead atoms. The number of anilines is 2. The number of likely N-dealkylation sites (N-methyl/N-ethyl adjacent to an activating group) is 1. The Hall–Kier alpha value is -3.89. The van der Waals surface area contributed by atoms with E-state index in [2.05, 4.69) is 51.5 Å². The number of amides is 1. The van der Waals surface area contributed by atoms with E-state index in [0.29, 0.717) is 42.9 Å². The summed E-state index contributed by atoms with van der Waals surface area (Å²) in [4.78, 5) is 31.3. The predicted molar refractivity (Wildman–Crippen MR) is 167 cm³/mol. The monoisotopic (exact) mass is 586 g/mol. The van der Waals surface area contributed by atoms with Crippen molar-refractivity contribution in [1.82, 2.24) is 30.0 Å². The van der Waals surface area contributed by atoms with Gasteiger partial charge in [0, 0.05) is 74.3 Å². The van der Waals surface area contributed by atoms with E-state index in [-0.39, 0.29) is 12.0 Å². The van der Waals surface area contributed by atoms with Gasteiger partial charge in [0.1, 0.15) is 11.3 Å². The molecule has 7 rings (SSSR count). The normalized spacial score (nSPS) is 18.2. The first-order valence-electron chi connectivity index (χ1n) is 14.6. The summed E-state index contributed by atoms with van der Waals surface area (Å²) < 4.78 is 6.74. The molecule has 0 atom stereocenters. The van der Waals surface area contributed by atoms with Crippen molar-refractivity contribution in [3.8, 4) is 16.9 Å². The van der Waals surface area contributed by atoms with Gasteiger partial charge >= 0.3 is 0 Å². The third-order valence-corrected chi connectivity index (χ3v) is 8.91. The lowest BCUT2D eigenvalue weighted by molar-refractivity contribution is -0.126. The first kappa shape index (κ1) is 27.0. The van der Waals surface area contributed by atoms with Crippen LogP contribution in [0.25, 0.3) is 32.9 Å². The number of halogens is 1. The Balaban J connectivity index is 1.44. The van der Waals surface area contributed by atoms with Crippen LogP contribution in [0.2, 0.25) is 5.02 Å². The lowest BCUT2D eigenvalue weighted by Gasteiger charge is -2.37. The molecule has 218 valence electrons. The summed E-state index contributed by atoms with van der Waals surface area (Å²) in [6, 6.07) is 6.12. The van der Waals surface area contributed by atoms with Gasteiger partial charge in [-0.15, -0.1) is 0 Å². The molecular formula is C31H35ClN8O2. The Labute approximate surface area is 249 Å². The van der Waals surface area contributed by atoms with Crippen molar-refractivity contribution in [2.75, 3.05) is 69.2 Å². The van der Waals surface area contributed by atoms with E-state index in [0.717, 1.165) is 83.3 Å². The molecule has 2 aromatic heterocycles. The van der Waals surface area contributed by atoms with Crippen LogP contribution in [0.3, 0.4) is 0 Å². The number of carbonyl (C=O) groups excluding carboxylic acids is 1. The number of nitrogens with zero attached hydrogens (tertiary/aromatic N) is 7. The van der Waals surface area contributed by atoms with E-state index in [9.17, 15) is 4.79 Å². The molecule has 1 amide bonds. The van der Waals surface area contributed by atoms with Crippen molar-refractivity contribution >= 4 is 51.1 Å². The second-order valence-electron chi connectivity index (χ2n) is 11.5. The van der Waals surface area contributed by atoms with Gasteiger partial charge in [0.2, 0.25) is 11.9 Å². The molecule has 1 N–H and O–H groups in total. The molecule has 4 heterocycles. The van der Waals surface area contributed by atoms with E-state index in [1.165, 1.54) is 6.08 Å². The second-order valence-corrected chi connectivity index (χ2v) is 11.9. The number of piperazine rings is 2. The first-order chi connectivity index (χ1) is 20.4. The summed E-state index contributed by atoms with van der Waals surface area (Å²) >= 11 is 7.22. The highest BCUT2D eigenvalue weighted by Crippen LogP contribution is 2.48. The van der Waals surface area contributed by atoms with Crippen LogP contribution < -0.4 is 14.5 Å². The summed E-state index contributed by atoms with van der Waals surface area (Å²) in [6.07, 6.45) is 5.38. The van der Waals surface area contributed by atoms with Crippen molar-refractivity contribution < 1.29 is 9.53 Å². The molecule has 4 aromatic rings. The Morgan fingerprint density at radius 2 is 1.76 bits per heavy atom. The molecule has 2 aliphatic heterocycles. The van der Waals surface area contributed by atoms with Crippen LogP contribution in [-0.4, -0.2) is 101 Å². The highest BCUT2D eigenvalue weighted by atomic mass is 35.5. The molecule has 2 saturated heterocycles. The number of ether oxygens (including phenoxy) is 1. The minimum atomic E-state index is -0.0445. The first-order valence-corrected chi connectivity index (χ1v) is 15.0. The summed E-state index contributed by atoms with van der Waals surface area (Å²) in [5.41, 5.74) is 4.64. The van der Waals surface area contributed by atoms with Crippen LogP contribution in [0.4, 0.5) is 11.8 Å². The highest BCUT2D eigenvalue weighted by Gasteiger charge is 2.32. The Bertz CT molecular complexity index is 1680. The molecule has 42 heavy (non-hydrogen) atoms. The van der Waals surface area contributed by atoms with Crippen molar-refractivity contribution in [3.05, 3.63) is 47.6 Å². The number of aromatic amines is 1. The maximum Gasteiger partial charge on any atom is 0.246 e. The van der Waals surface area contributed by atoms with Crippen LogP contribution in [0.1, 0.15) is 18.4 Å². The average molecular weight is 587 g/mol. The summed E-state index contributed by atoms with van der Waals surface area (Å²) in [5.74, 6) is 2.18. The second kappa shape index (κ2) is 10.7. The van der Waals surface area contributed by atoms with Gasteiger partial charge in [-0.3, -0.25) is 9.89 Å². The maximum atomic E-state index is 12.3. The van der Waals surface area contributed by atoms with Gasteiger partial charge < -0.3 is 24.3 Å². The third kappa shape index (κ3) is 4.82. The largest absolute Gasteiger partial charge is 0.487 e. The van der Waals surface area contributed by atoms with Crippen LogP contribution in [0.5, 0.6) is 5.75 Å². The lowest BCUT2D eigenvalue weighted by Crippen LogP contribution is -2.49. The molecule has 10 nitrogen and oxygen atoms in total. The zero-order valence-electron chi connectivity index (χ0n) is 24.1. The summed E-state index contributed by atoms with van der Waals surface area (Å²) in [6.45, 7) is 11.8. The van der Waals surface area contributed by atoms with E-state index >= 15 is 0 Å². The Kier molecular flexibility index (Phi) is 6.90. The molecular weight excluding hydrogens is 552 g/mol. The van der Waals surface area contributed by atoms with Gasteiger partial charge in [-0.1, -0.05) is 24.2 Å². The van der Waals surface area contributed by atoms with E-state index in [1.54, 1.807) is 0 Å². The SMILES string of the molecule is C=CC(=O)N1CCN(c2nc(N3CCN(C)CC3)nc3c(OC4CC4)c(-c4c(C)ccc5[nH]ncc45)c(Cl)cc23)CC1. The standard InChI is InChI=1S/C31H35ClN8O2/c1-4-25(41)38-13-15-39(16-14-38)30-21-17-23(32)27(26-19(2)5-8-24-22(26)18-33-36-24)29(42-20-6-7-20)28(21)34-31(35-30)40-11-9-37(3)10-12-40/h4-5,8,17-18,20H,1,6-7,9-16H2,2-3H3,(H,33,36). The maximum absolute atomic E-state index is 12.3. The van der Waals surface area contributed by atoms with Gasteiger partial charge in [-0.2, -0.15) is 10.1 Å². The van der Waals surface area contributed by atoms with Crippen molar-refractivity contribution in [2.45, 2.75) is 25.9 Å². The predicted octanol–water partition coefficient (Wildman–Crippen LogP) is 4.26. The number of rotatable bonds is 6. The van der Waals surface area contributed by atoms with E-state index in [1.807, 2.05) is 23.2 Å². The fourth-order valence-electron chi connectivity index (χ4n) is 5.99. The van der Waals surface area contributed by atoms with Crippen molar-refractivity contribution in [2.24, 2.45) is 0 Å². The molecule has 1 aliphatic carbocycles. The van der Waals surface area contributed by atoms with Crippen molar-refractivity contribution in [1.29, 1.82) is 0 Å². The minimum absolute atomic E-state index is 0.0445. The number of fused-ring (bicyclic) bond motifs is 2. The molecule has 0 radical (unpaired) electrons. The number of H-pyrrole nitrogens is 1. The zero-order valence-corrected chi connectivity index (χ0v) is 24.8. The smallest absolute Gasteiger partial charge is 0.246 e. The number of aryl methyl sites for hydroxylation is 1. The van der Waals surface area contributed by atoms with Crippen LogP contribution in [-0.2, 0) is 4.79 Å². The highest BCUT2D eigenvalue weighted by molar-refractivity contribution is 6.35. The molecule has 11 heteroatoms. The number of benzene rings is 2. The van der Waals surface area contributed by atoms with Crippen LogP contribution in [0, 0.1) is 6.92 Å². The van der Waals surface area contributed by atoms with Crippen LogP contribution >= 0.6 is 11.6 Å². The van der Waals surface area contributed by atoms with Gasteiger partial charge in [-0.05, 0) is 50.6 Å². The summed E-state index contributed by atoms with van der Waals surface area (Å²) in [5, 5.41) is 9.86. The number of hydrogen-bond acceptors (Lipinski definition) is 8. The molecule has 0 unspecified atom stereocenters. The van der Waals surface area contributed by atoms with Gasteiger partial charge in [0.15, 0.2) is 5.75 Å². The molecule has 0 spiro atoms. The lowest BCUT2D eigenvalue weighted by atomic mass is 9.94. The number of aromatic nitrogens is 4. The number of carbonyl (C=O) groups is 1. The zero-order chi connectivity index (χ0) is 29.0. The van der Waals surface area contributed by atoms with Gasteiger partial charge in [-0.25, -0.2) is 4.98 Å². The van der Waals surface area contributed by atoms with E-state index < -0.39 is 0 Å². The van der Waals surface area contributed by atoms with Gasteiger partial charge in [0.05, 0.1) is 22.8 Å². The molecule has 3 aliphatic rings. The topological polar surface area (TPSA) is 93.7 Å². The molecule has 3 fully saturated rings. The fraction of sp³-hybridized carbons (Fsp3) is 0.419. The minimum Gasteiger partial charge on any atom is -0.487 e. The average Bonchev–Trinajstić information content (AvgIpc) is 3.70. The molecule has 2 aromatic carbocycles. The van der Waals surface area contributed by atoms with Crippen LogP contribution in [0.15, 0.2) is 37.1 Å². The fourth-order valence-corrected chi connectivity index (χ4v) is 6.28. The quantitative estimate of drug-likeness (QED) is 0.335. The Morgan fingerprint density at radius 1 is 1.02 bits per heavy atom. The summed E-state index contributed by atoms with van der Waals surface area (Å²) in [7, 11) is 2.14. The third-order valence-electron chi connectivity index (χ3n) is 8.61. The Morgan fingerprint density at radius 3 is 2.48 bits per heavy atom. The van der Waals surface area contributed by atoms with E-state index in [4.69, 9.17) is 26.3 Å². The number of hydrogen-bond donors (Lipinski definition) is 1.